The van der Waals surface area contributed by atoms with E-state index in [9.17, 15) is 19.1 Å². The number of unbranched alkanes of at least 4 members (excludes halogenated alkanes) is 1. The molecule has 1 N–H and O–H groups in total. The molecule has 0 radical (unpaired) electrons. The molecule has 0 aliphatic carbocycles. The average Bonchev–Trinajstić information content (AvgIpc) is 2.59. The molecule has 126 valence electrons. The van der Waals surface area contributed by atoms with E-state index in [1.165, 1.54) is 4.90 Å². The fourth-order valence-corrected chi connectivity index (χ4v) is 2.37. The van der Waals surface area contributed by atoms with Gasteiger partial charge in [0.05, 0.1) is 6.67 Å². The third-order valence-electron chi connectivity index (χ3n) is 3.47. The molecule has 0 saturated carbocycles. The van der Waals surface area contributed by atoms with Crippen LogP contribution in [0.15, 0.2) is 11.6 Å². The molecule has 0 aromatic rings. The molecule has 0 fully saturated rings. The van der Waals surface area contributed by atoms with Gasteiger partial charge in [-0.1, -0.05) is 11.6 Å². The molecule has 1 atom stereocenters. The SMILES string of the molecule is CC(C)(C)OC(=O)N1CCC(CCCCF)=CC[C@H]1C(=O)O. The van der Waals surface area contributed by atoms with Gasteiger partial charge >= 0.3 is 12.1 Å². The second kappa shape index (κ2) is 8.15. The van der Waals surface area contributed by atoms with E-state index in [0.29, 0.717) is 19.4 Å². The standard InChI is InChI=1S/C16H26FNO4/c1-16(2,3)22-15(21)18-11-9-12(6-4-5-10-17)7-8-13(18)14(19)20/h7,13H,4-6,8-11H2,1-3H3,(H,19,20)/t13-/m0/s1. The van der Waals surface area contributed by atoms with Gasteiger partial charge in [-0.15, -0.1) is 0 Å². The van der Waals surface area contributed by atoms with Crippen LogP contribution in [0.5, 0.6) is 0 Å². The Kier molecular flexibility index (Phi) is 6.84. The lowest BCUT2D eigenvalue weighted by atomic mass is 10.0. The maximum atomic E-state index is 12.2. The highest BCUT2D eigenvalue weighted by Crippen LogP contribution is 2.23. The Morgan fingerprint density at radius 3 is 2.64 bits per heavy atom. The second-order valence-electron chi connectivity index (χ2n) is 6.52. The van der Waals surface area contributed by atoms with E-state index in [4.69, 9.17) is 4.74 Å². The van der Waals surface area contributed by atoms with Crippen molar-refractivity contribution in [3.63, 3.8) is 0 Å². The lowest BCUT2D eigenvalue weighted by molar-refractivity contribution is -0.143. The van der Waals surface area contributed by atoms with Gasteiger partial charge in [-0.3, -0.25) is 9.29 Å². The van der Waals surface area contributed by atoms with E-state index in [-0.39, 0.29) is 13.1 Å². The predicted molar refractivity (Wildman–Crippen MR) is 81.5 cm³/mol. The molecule has 0 spiro atoms. The number of carbonyl (C=O) groups is 2. The van der Waals surface area contributed by atoms with Crippen LogP contribution in [0.25, 0.3) is 0 Å². The minimum atomic E-state index is -1.04. The van der Waals surface area contributed by atoms with Gasteiger partial charge in [-0.25, -0.2) is 9.59 Å². The van der Waals surface area contributed by atoms with Crippen molar-refractivity contribution in [2.24, 2.45) is 0 Å². The van der Waals surface area contributed by atoms with Gasteiger partial charge in [0.1, 0.15) is 11.6 Å². The summed E-state index contributed by atoms with van der Waals surface area (Å²) in [6.45, 7) is 5.22. The predicted octanol–water partition coefficient (Wildman–Crippen LogP) is 3.54. The van der Waals surface area contributed by atoms with Gasteiger partial charge in [0, 0.05) is 6.54 Å². The van der Waals surface area contributed by atoms with Crippen LogP contribution in [-0.2, 0) is 9.53 Å². The first-order valence-electron chi connectivity index (χ1n) is 7.71. The number of hydrogen-bond donors (Lipinski definition) is 1. The van der Waals surface area contributed by atoms with Gasteiger partial charge in [0.25, 0.3) is 0 Å². The van der Waals surface area contributed by atoms with Gasteiger partial charge in [0.2, 0.25) is 0 Å². The van der Waals surface area contributed by atoms with E-state index >= 15 is 0 Å². The van der Waals surface area contributed by atoms with E-state index in [0.717, 1.165) is 18.4 Å². The first-order valence-corrected chi connectivity index (χ1v) is 7.71. The Morgan fingerprint density at radius 1 is 1.41 bits per heavy atom. The van der Waals surface area contributed by atoms with Crippen LogP contribution in [0.4, 0.5) is 9.18 Å². The van der Waals surface area contributed by atoms with Crippen LogP contribution in [0.3, 0.4) is 0 Å². The molecule has 0 unspecified atom stereocenters. The number of ether oxygens (including phenoxy) is 1. The van der Waals surface area contributed by atoms with Crippen LogP contribution in [0.1, 0.15) is 52.9 Å². The summed E-state index contributed by atoms with van der Waals surface area (Å²) < 4.78 is 17.5. The zero-order valence-corrected chi connectivity index (χ0v) is 13.6. The second-order valence-corrected chi connectivity index (χ2v) is 6.52. The molecular formula is C16H26FNO4. The number of carboxylic acids is 1. The van der Waals surface area contributed by atoms with Crippen LogP contribution in [-0.4, -0.2) is 46.9 Å². The van der Waals surface area contributed by atoms with Crippen molar-refractivity contribution in [1.29, 1.82) is 0 Å². The molecule has 0 aromatic carbocycles. The number of alkyl halides is 1. The van der Waals surface area contributed by atoms with Crippen molar-refractivity contribution in [1.82, 2.24) is 4.90 Å². The summed E-state index contributed by atoms with van der Waals surface area (Å²) in [5.41, 5.74) is 0.426. The topological polar surface area (TPSA) is 66.8 Å². The van der Waals surface area contributed by atoms with Crippen molar-refractivity contribution in [2.75, 3.05) is 13.2 Å². The minimum absolute atomic E-state index is 0.263. The molecule has 22 heavy (non-hydrogen) atoms. The summed E-state index contributed by atoms with van der Waals surface area (Å²) >= 11 is 0. The molecule has 5 nitrogen and oxygen atoms in total. The van der Waals surface area contributed by atoms with Crippen LogP contribution in [0.2, 0.25) is 0 Å². The summed E-state index contributed by atoms with van der Waals surface area (Å²) in [6, 6.07) is -0.909. The summed E-state index contributed by atoms with van der Waals surface area (Å²) in [7, 11) is 0. The van der Waals surface area contributed by atoms with Crippen LogP contribution in [0, 0.1) is 0 Å². The van der Waals surface area contributed by atoms with Gasteiger partial charge in [-0.2, -0.15) is 0 Å². The number of carboxylic acid groups (broad SMARTS) is 1. The zero-order valence-electron chi connectivity index (χ0n) is 13.6. The smallest absolute Gasteiger partial charge is 0.411 e. The van der Waals surface area contributed by atoms with E-state index < -0.39 is 23.7 Å². The Labute approximate surface area is 131 Å². The largest absolute Gasteiger partial charge is 0.480 e. The molecule has 1 amide bonds. The van der Waals surface area contributed by atoms with Crippen molar-refractivity contribution >= 4 is 12.1 Å². The van der Waals surface area contributed by atoms with Crippen LogP contribution < -0.4 is 0 Å². The summed E-state index contributed by atoms with van der Waals surface area (Å²) in [4.78, 5) is 24.9. The summed E-state index contributed by atoms with van der Waals surface area (Å²) in [6.07, 6.45) is 4.15. The van der Waals surface area contributed by atoms with Gasteiger partial charge in [0.15, 0.2) is 0 Å². The molecule has 6 heteroatoms. The normalized spacial score (nSPS) is 19.4. The fourth-order valence-electron chi connectivity index (χ4n) is 2.37. The maximum Gasteiger partial charge on any atom is 0.411 e. The quantitative estimate of drug-likeness (QED) is 0.622. The fraction of sp³-hybridized carbons (Fsp3) is 0.750. The highest BCUT2D eigenvalue weighted by atomic mass is 19.1. The van der Waals surface area contributed by atoms with E-state index in [1.807, 2.05) is 6.08 Å². The zero-order chi connectivity index (χ0) is 16.8. The molecule has 1 aliphatic heterocycles. The Hall–Kier alpha value is -1.59. The summed E-state index contributed by atoms with van der Waals surface area (Å²) in [5, 5.41) is 9.35. The van der Waals surface area contributed by atoms with Crippen molar-refractivity contribution in [3.8, 4) is 0 Å². The van der Waals surface area contributed by atoms with Gasteiger partial charge < -0.3 is 9.84 Å². The highest BCUT2D eigenvalue weighted by molar-refractivity contribution is 5.80. The monoisotopic (exact) mass is 315 g/mol. The van der Waals surface area contributed by atoms with E-state index in [2.05, 4.69) is 0 Å². The lowest BCUT2D eigenvalue weighted by Gasteiger charge is -2.30. The molecular weight excluding hydrogens is 289 g/mol. The Balaban J connectivity index is 2.74. The first-order chi connectivity index (χ1) is 10.2. The molecule has 1 heterocycles. The van der Waals surface area contributed by atoms with Crippen LogP contribution >= 0.6 is 0 Å². The molecule has 1 aliphatic rings. The van der Waals surface area contributed by atoms with Crippen molar-refractivity contribution < 1.29 is 23.8 Å². The minimum Gasteiger partial charge on any atom is -0.480 e. The maximum absolute atomic E-state index is 12.2. The first kappa shape index (κ1) is 18.5. The molecule has 0 saturated heterocycles. The number of halogens is 1. The van der Waals surface area contributed by atoms with Gasteiger partial charge in [-0.05, 0) is 52.9 Å². The van der Waals surface area contributed by atoms with Crippen molar-refractivity contribution in [2.45, 2.75) is 64.5 Å². The number of aliphatic carboxylic acids is 1. The Bertz CT molecular complexity index is 428. The highest BCUT2D eigenvalue weighted by Gasteiger charge is 2.33. The number of carbonyl (C=O) groups excluding carboxylic acids is 1. The summed E-state index contributed by atoms with van der Waals surface area (Å²) in [5.74, 6) is -1.04. The third-order valence-corrected chi connectivity index (χ3v) is 3.47. The molecule has 0 bridgehead atoms. The van der Waals surface area contributed by atoms with E-state index in [1.54, 1.807) is 20.8 Å². The lowest BCUT2D eigenvalue weighted by Crippen LogP contribution is -2.46. The number of rotatable bonds is 5. The molecule has 0 aromatic heterocycles. The number of amides is 1. The third kappa shape index (κ3) is 6.03. The average molecular weight is 315 g/mol. The number of hydrogen-bond acceptors (Lipinski definition) is 3. The Morgan fingerprint density at radius 2 is 2.09 bits per heavy atom. The van der Waals surface area contributed by atoms with Crippen molar-refractivity contribution in [3.05, 3.63) is 11.6 Å². The number of nitrogens with zero attached hydrogens (tertiary/aromatic N) is 1. The molecule has 1 rings (SSSR count).